The lowest BCUT2D eigenvalue weighted by Gasteiger charge is -2.44. The highest BCUT2D eigenvalue weighted by atomic mass is 19.1. The second-order valence-corrected chi connectivity index (χ2v) is 8.91. The number of benzene rings is 3. The number of likely N-dealkylation sites (tertiary alicyclic amines) is 1. The summed E-state index contributed by atoms with van der Waals surface area (Å²) in [5.74, 6) is -0.559. The fourth-order valence-electron chi connectivity index (χ4n) is 5.01. The zero-order valence-corrected chi connectivity index (χ0v) is 18.8. The molecule has 3 aromatic carbocycles. The molecule has 1 aliphatic rings. The van der Waals surface area contributed by atoms with Gasteiger partial charge >= 0.3 is 0 Å². The number of hydrogen-bond donors (Lipinski definition) is 1. The van der Waals surface area contributed by atoms with E-state index < -0.39 is 5.41 Å². The van der Waals surface area contributed by atoms with Gasteiger partial charge in [-0.1, -0.05) is 54.6 Å². The highest BCUT2D eigenvalue weighted by Crippen LogP contribution is 2.43. The Bertz CT molecular complexity index is 1100. The zero-order valence-electron chi connectivity index (χ0n) is 18.8. The summed E-state index contributed by atoms with van der Waals surface area (Å²) in [4.78, 5) is 15.2. The van der Waals surface area contributed by atoms with Crippen molar-refractivity contribution in [2.45, 2.75) is 44.1 Å². The van der Waals surface area contributed by atoms with Crippen LogP contribution in [0.3, 0.4) is 0 Å². The predicted octanol–water partition coefficient (Wildman–Crippen LogP) is 6.03. The lowest BCUT2D eigenvalue weighted by Crippen LogP contribution is -2.47. The highest BCUT2D eigenvalue weighted by Gasteiger charge is 2.42. The van der Waals surface area contributed by atoms with Gasteiger partial charge in [0.05, 0.1) is 6.04 Å². The van der Waals surface area contributed by atoms with Gasteiger partial charge < -0.3 is 10.0 Å². The van der Waals surface area contributed by atoms with Gasteiger partial charge in [0.25, 0.3) is 0 Å². The van der Waals surface area contributed by atoms with Crippen LogP contribution in [0.15, 0.2) is 72.8 Å². The van der Waals surface area contributed by atoms with E-state index in [4.69, 9.17) is 0 Å². The molecule has 0 aliphatic carbocycles. The standard InChI is InChI=1S/C28H29F2NO2/c1-20(21-7-9-22(10-8-21)23-11-13-24(29)14-12-23)31-17-16-28(15-4-18-32,19-27(31)33)25-5-2-3-6-26(25)30/h2-3,5-14,20,32H,4,15-19H2,1H3/t20-,28+/m1/s1. The molecule has 1 fully saturated rings. The van der Waals surface area contributed by atoms with Crippen LogP contribution in [0.25, 0.3) is 11.1 Å². The Morgan fingerprint density at radius 3 is 2.21 bits per heavy atom. The molecule has 2 atom stereocenters. The molecule has 0 unspecified atom stereocenters. The molecule has 0 aromatic heterocycles. The first kappa shape index (κ1) is 23.1. The molecule has 33 heavy (non-hydrogen) atoms. The normalized spacial score (nSPS) is 19.5. The lowest BCUT2D eigenvalue weighted by molar-refractivity contribution is -0.138. The van der Waals surface area contributed by atoms with Gasteiger partial charge in [-0.2, -0.15) is 0 Å². The van der Waals surface area contributed by atoms with E-state index in [0.29, 0.717) is 31.4 Å². The number of nitrogens with zero attached hydrogens (tertiary/aromatic N) is 1. The molecule has 1 N–H and O–H groups in total. The van der Waals surface area contributed by atoms with Crippen molar-refractivity contribution in [3.63, 3.8) is 0 Å². The number of amides is 1. The van der Waals surface area contributed by atoms with Gasteiger partial charge in [-0.05, 0) is 66.6 Å². The third kappa shape index (κ3) is 4.83. The van der Waals surface area contributed by atoms with Crippen molar-refractivity contribution in [3.8, 4) is 11.1 Å². The van der Waals surface area contributed by atoms with Gasteiger partial charge in [-0.15, -0.1) is 0 Å². The van der Waals surface area contributed by atoms with E-state index >= 15 is 0 Å². The summed E-state index contributed by atoms with van der Waals surface area (Å²) >= 11 is 0. The van der Waals surface area contributed by atoms with Crippen LogP contribution in [-0.2, 0) is 10.2 Å². The molecule has 4 rings (SSSR count). The number of aliphatic hydroxyl groups is 1. The molecule has 1 aliphatic heterocycles. The number of hydrogen-bond acceptors (Lipinski definition) is 2. The van der Waals surface area contributed by atoms with E-state index in [1.54, 1.807) is 30.3 Å². The van der Waals surface area contributed by atoms with E-state index in [1.807, 2.05) is 36.1 Å². The van der Waals surface area contributed by atoms with Gasteiger partial charge in [-0.25, -0.2) is 8.78 Å². The van der Waals surface area contributed by atoms with Crippen molar-refractivity contribution in [2.75, 3.05) is 13.2 Å². The smallest absolute Gasteiger partial charge is 0.223 e. The average Bonchev–Trinajstić information content (AvgIpc) is 2.83. The van der Waals surface area contributed by atoms with E-state index in [0.717, 1.165) is 16.7 Å². The van der Waals surface area contributed by atoms with Crippen LogP contribution in [0.1, 0.15) is 49.8 Å². The minimum absolute atomic E-state index is 0.00226. The number of carbonyl (C=O) groups is 1. The van der Waals surface area contributed by atoms with Crippen molar-refractivity contribution in [2.24, 2.45) is 0 Å². The summed E-state index contributed by atoms with van der Waals surface area (Å²) in [5, 5.41) is 9.39. The van der Waals surface area contributed by atoms with Crippen molar-refractivity contribution in [1.29, 1.82) is 0 Å². The van der Waals surface area contributed by atoms with Gasteiger partial charge in [0.15, 0.2) is 0 Å². The van der Waals surface area contributed by atoms with Crippen LogP contribution in [-0.4, -0.2) is 29.1 Å². The molecule has 1 heterocycles. The van der Waals surface area contributed by atoms with Crippen LogP contribution in [0.5, 0.6) is 0 Å². The second-order valence-electron chi connectivity index (χ2n) is 8.91. The molecule has 5 heteroatoms. The molecule has 3 nitrogen and oxygen atoms in total. The molecule has 0 spiro atoms. The van der Waals surface area contributed by atoms with Crippen molar-refractivity contribution in [1.82, 2.24) is 4.90 Å². The molecule has 3 aromatic rings. The summed E-state index contributed by atoms with van der Waals surface area (Å²) in [7, 11) is 0. The Morgan fingerprint density at radius 2 is 1.61 bits per heavy atom. The van der Waals surface area contributed by atoms with Crippen LogP contribution < -0.4 is 0 Å². The summed E-state index contributed by atoms with van der Waals surface area (Å²) in [6.45, 7) is 2.55. The summed E-state index contributed by atoms with van der Waals surface area (Å²) in [6, 6.07) is 20.9. The molecule has 1 amide bonds. The monoisotopic (exact) mass is 449 g/mol. The van der Waals surface area contributed by atoms with E-state index in [2.05, 4.69) is 0 Å². The number of aliphatic hydroxyl groups excluding tert-OH is 1. The van der Waals surface area contributed by atoms with Crippen molar-refractivity contribution in [3.05, 3.63) is 95.6 Å². The first-order valence-corrected chi connectivity index (χ1v) is 11.4. The Morgan fingerprint density at radius 1 is 0.970 bits per heavy atom. The minimum Gasteiger partial charge on any atom is -0.396 e. The van der Waals surface area contributed by atoms with Crippen molar-refractivity contribution >= 4 is 5.91 Å². The SMILES string of the molecule is C[C@H](c1ccc(-c2ccc(F)cc2)cc1)N1CC[C@](CCCO)(c2ccccc2F)CC1=O. The summed E-state index contributed by atoms with van der Waals surface area (Å²) in [5.41, 5.74) is 2.92. The Hall–Kier alpha value is -3.05. The molecule has 0 bridgehead atoms. The zero-order chi connectivity index (χ0) is 23.4. The predicted molar refractivity (Wildman–Crippen MR) is 126 cm³/mol. The summed E-state index contributed by atoms with van der Waals surface area (Å²) in [6.07, 6.45) is 1.98. The van der Waals surface area contributed by atoms with Crippen LogP contribution in [0.4, 0.5) is 8.78 Å². The van der Waals surface area contributed by atoms with E-state index in [9.17, 15) is 18.7 Å². The number of piperidine rings is 1. The number of carbonyl (C=O) groups excluding carboxylic acids is 1. The Kier molecular flexibility index (Phi) is 6.89. The fraction of sp³-hybridized carbons (Fsp3) is 0.321. The first-order chi connectivity index (χ1) is 15.9. The average molecular weight is 450 g/mol. The highest BCUT2D eigenvalue weighted by molar-refractivity contribution is 5.79. The second kappa shape index (κ2) is 9.84. The molecule has 172 valence electrons. The Balaban J connectivity index is 1.52. The maximum atomic E-state index is 14.7. The maximum absolute atomic E-state index is 14.7. The number of halogens is 2. The molecule has 1 saturated heterocycles. The Labute approximate surface area is 193 Å². The van der Waals surface area contributed by atoms with Gasteiger partial charge in [0, 0.05) is 25.0 Å². The van der Waals surface area contributed by atoms with Crippen LogP contribution in [0.2, 0.25) is 0 Å². The quantitative estimate of drug-likeness (QED) is 0.479. The van der Waals surface area contributed by atoms with Crippen LogP contribution in [0, 0.1) is 11.6 Å². The molecule has 0 saturated carbocycles. The van der Waals surface area contributed by atoms with Gasteiger partial charge in [0.1, 0.15) is 11.6 Å². The minimum atomic E-state index is -0.589. The first-order valence-electron chi connectivity index (χ1n) is 11.4. The van der Waals surface area contributed by atoms with Gasteiger partial charge in [-0.3, -0.25) is 4.79 Å². The lowest BCUT2D eigenvalue weighted by atomic mass is 9.69. The van der Waals surface area contributed by atoms with Gasteiger partial charge in [0.2, 0.25) is 5.91 Å². The summed E-state index contributed by atoms with van der Waals surface area (Å²) < 4.78 is 27.9. The maximum Gasteiger partial charge on any atom is 0.223 e. The number of rotatable bonds is 7. The molecular weight excluding hydrogens is 420 g/mol. The van der Waals surface area contributed by atoms with E-state index in [-0.39, 0.29) is 36.6 Å². The van der Waals surface area contributed by atoms with E-state index in [1.165, 1.54) is 18.2 Å². The fourth-order valence-corrected chi connectivity index (χ4v) is 5.01. The third-order valence-electron chi connectivity index (χ3n) is 6.94. The van der Waals surface area contributed by atoms with Crippen LogP contribution >= 0.6 is 0 Å². The largest absolute Gasteiger partial charge is 0.396 e. The molecular formula is C28H29F2NO2. The van der Waals surface area contributed by atoms with Crippen molar-refractivity contribution < 1.29 is 18.7 Å². The third-order valence-corrected chi connectivity index (χ3v) is 6.94. The molecule has 0 radical (unpaired) electrons. The topological polar surface area (TPSA) is 40.5 Å².